The second kappa shape index (κ2) is 4.01. The number of rotatable bonds is 2. The lowest BCUT2D eigenvalue weighted by molar-refractivity contribution is -0.114. The number of fused-ring (bicyclic) bond motifs is 1. The summed E-state index contributed by atoms with van der Waals surface area (Å²) in [5, 5.41) is 2.35. The van der Waals surface area contributed by atoms with E-state index in [1.807, 2.05) is 0 Å². The molecule has 1 aromatic carbocycles. The van der Waals surface area contributed by atoms with E-state index in [2.05, 4.69) is 10.3 Å². The van der Waals surface area contributed by atoms with Crippen molar-refractivity contribution in [3.05, 3.63) is 18.2 Å². The number of nitrogens with one attached hydrogen (secondary N) is 1. The van der Waals surface area contributed by atoms with E-state index in [-0.39, 0.29) is 22.4 Å². The highest BCUT2D eigenvalue weighted by atomic mass is 35.7. The zero-order valence-electron chi connectivity index (χ0n) is 8.60. The van der Waals surface area contributed by atoms with Gasteiger partial charge in [0.2, 0.25) is 5.91 Å². The molecule has 0 radical (unpaired) electrons. The van der Waals surface area contributed by atoms with Crippen LogP contribution in [0.5, 0.6) is 0 Å². The average molecular weight is 275 g/mol. The summed E-state index contributed by atoms with van der Waals surface area (Å²) in [6.45, 7) is 1.31. The van der Waals surface area contributed by atoms with Gasteiger partial charge in [-0.15, -0.1) is 0 Å². The van der Waals surface area contributed by atoms with E-state index in [9.17, 15) is 13.2 Å². The van der Waals surface area contributed by atoms with Gasteiger partial charge in [-0.3, -0.25) is 10.1 Å². The van der Waals surface area contributed by atoms with Crippen LogP contribution in [0.3, 0.4) is 0 Å². The summed E-state index contributed by atoms with van der Waals surface area (Å²) in [7, 11) is 1.38. The first-order valence-corrected chi connectivity index (χ1v) is 6.80. The number of carbonyl (C=O) groups excluding carboxylic acids is 1. The number of hydrogen-bond donors (Lipinski definition) is 1. The standard InChI is InChI=1S/C9H7ClN2O4S/c1-5(13)11-9-12-7-3-2-6(17(10,14)15)4-8(7)16-9/h2-4H,1H3,(H,11,12,13). The molecule has 0 atom stereocenters. The van der Waals surface area contributed by atoms with Crippen molar-refractivity contribution in [1.82, 2.24) is 4.98 Å². The molecule has 1 aromatic heterocycles. The molecule has 0 saturated heterocycles. The molecular formula is C9H7ClN2O4S. The molecule has 90 valence electrons. The Morgan fingerprint density at radius 1 is 1.47 bits per heavy atom. The van der Waals surface area contributed by atoms with E-state index < -0.39 is 9.05 Å². The van der Waals surface area contributed by atoms with E-state index in [1.54, 1.807) is 0 Å². The van der Waals surface area contributed by atoms with Crippen LogP contribution in [0.2, 0.25) is 0 Å². The monoisotopic (exact) mass is 274 g/mol. The molecule has 0 aliphatic rings. The molecule has 0 unspecified atom stereocenters. The molecule has 8 heteroatoms. The highest BCUT2D eigenvalue weighted by molar-refractivity contribution is 8.13. The third kappa shape index (κ3) is 2.56. The van der Waals surface area contributed by atoms with Crippen LogP contribution in [-0.2, 0) is 13.8 Å². The van der Waals surface area contributed by atoms with Crippen molar-refractivity contribution in [3.63, 3.8) is 0 Å². The van der Waals surface area contributed by atoms with Crippen molar-refractivity contribution >= 4 is 42.8 Å². The summed E-state index contributed by atoms with van der Waals surface area (Å²) in [6, 6.07) is 4.01. The van der Waals surface area contributed by atoms with Crippen LogP contribution in [-0.4, -0.2) is 19.3 Å². The van der Waals surface area contributed by atoms with E-state index in [4.69, 9.17) is 15.1 Å². The summed E-state index contributed by atoms with van der Waals surface area (Å²) < 4.78 is 27.3. The maximum absolute atomic E-state index is 11.1. The fraction of sp³-hybridized carbons (Fsp3) is 0.111. The smallest absolute Gasteiger partial charge is 0.302 e. The molecule has 17 heavy (non-hydrogen) atoms. The number of anilines is 1. The lowest BCUT2D eigenvalue weighted by Crippen LogP contribution is -2.05. The SMILES string of the molecule is CC(=O)Nc1nc2ccc(S(=O)(=O)Cl)cc2o1. The molecule has 2 aromatic rings. The molecule has 0 fully saturated rings. The Kier molecular flexibility index (Phi) is 2.80. The fourth-order valence-electron chi connectivity index (χ4n) is 1.26. The maximum atomic E-state index is 11.1. The lowest BCUT2D eigenvalue weighted by Gasteiger charge is -1.93. The molecule has 1 N–H and O–H groups in total. The van der Waals surface area contributed by atoms with Gasteiger partial charge in [-0.05, 0) is 12.1 Å². The van der Waals surface area contributed by atoms with Crippen LogP contribution < -0.4 is 5.32 Å². The van der Waals surface area contributed by atoms with Gasteiger partial charge in [0.15, 0.2) is 5.58 Å². The summed E-state index contributed by atoms with van der Waals surface area (Å²) in [5.41, 5.74) is 0.660. The van der Waals surface area contributed by atoms with Gasteiger partial charge in [0.05, 0.1) is 4.90 Å². The van der Waals surface area contributed by atoms with Crippen LogP contribution in [0.25, 0.3) is 11.1 Å². The van der Waals surface area contributed by atoms with Crippen LogP contribution >= 0.6 is 10.7 Å². The van der Waals surface area contributed by atoms with Crippen LogP contribution in [0.15, 0.2) is 27.5 Å². The second-order valence-corrected chi connectivity index (χ2v) is 5.83. The Morgan fingerprint density at radius 3 is 2.76 bits per heavy atom. The second-order valence-electron chi connectivity index (χ2n) is 3.27. The minimum atomic E-state index is -3.81. The van der Waals surface area contributed by atoms with Crippen LogP contribution in [0.4, 0.5) is 6.01 Å². The lowest BCUT2D eigenvalue weighted by atomic mass is 10.3. The van der Waals surface area contributed by atoms with Gasteiger partial charge in [0.25, 0.3) is 9.05 Å². The van der Waals surface area contributed by atoms with Crippen molar-refractivity contribution in [3.8, 4) is 0 Å². The van der Waals surface area contributed by atoms with Crippen molar-refractivity contribution in [1.29, 1.82) is 0 Å². The zero-order chi connectivity index (χ0) is 12.6. The Hall–Kier alpha value is -1.60. The molecule has 0 bridgehead atoms. The van der Waals surface area contributed by atoms with Gasteiger partial charge in [0, 0.05) is 23.7 Å². The molecule has 1 amide bonds. The molecule has 1 heterocycles. The largest absolute Gasteiger partial charge is 0.423 e. The van der Waals surface area contributed by atoms with Gasteiger partial charge >= 0.3 is 6.01 Å². The first-order chi connectivity index (χ1) is 7.86. The molecule has 0 saturated carbocycles. The Labute approximate surface area is 101 Å². The van der Waals surface area contributed by atoms with E-state index in [0.29, 0.717) is 5.52 Å². The number of nitrogens with zero attached hydrogens (tertiary/aromatic N) is 1. The molecule has 0 spiro atoms. The number of carbonyl (C=O) groups is 1. The maximum Gasteiger partial charge on any atom is 0.302 e. The quantitative estimate of drug-likeness (QED) is 0.842. The van der Waals surface area contributed by atoms with E-state index >= 15 is 0 Å². The van der Waals surface area contributed by atoms with Gasteiger partial charge in [-0.25, -0.2) is 8.42 Å². The third-order valence-corrected chi connectivity index (χ3v) is 3.28. The summed E-state index contributed by atoms with van der Waals surface area (Å²) in [5.74, 6) is -0.332. The molecule has 2 rings (SSSR count). The summed E-state index contributed by atoms with van der Waals surface area (Å²) in [4.78, 5) is 14.6. The number of oxazole rings is 1. The van der Waals surface area contributed by atoms with Gasteiger partial charge < -0.3 is 4.42 Å². The Bertz CT molecular complexity index is 692. The predicted octanol–water partition coefficient (Wildman–Crippen LogP) is 1.71. The highest BCUT2D eigenvalue weighted by Gasteiger charge is 2.13. The predicted molar refractivity (Wildman–Crippen MR) is 61.4 cm³/mol. The van der Waals surface area contributed by atoms with Gasteiger partial charge in [0.1, 0.15) is 5.52 Å². The third-order valence-electron chi connectivity index (χ3n) is 1.92. The topological polar surface area (TPSA) is 89.3 Å². The normalized spacial score (nSPS) is 11.6. The summed E-state index contributed by atoms with van der Waals surface area (Å²) in [6.07, 6.45) is 0. The van der Waals surface area contributed by atoms with E-state index in [0.717, 1.165) is 0 Å². The molecule has 0 aliphatic carbocycles. The van der Waals surface area contributed by atoms with Crippen molar-refractivity contribution in [2.45, 2.75) is 11.8 Å². The van der Waals surface area contributed by atoms with Crippen molar-refractivity contribution < 1.29 is 17.6 Å². The number of hydrogen-bond acceptors (Lipinski definition) is 5. The van der Waals surface area contributed by atoms with E-state index in [1.165, 1.54) is 25.1 Å². The van der Waals surface area contributed by atoms with Crippen LogP contribution in [0.1, 0.15) is 6.92 Å². The minimum absolute atomic E-state index is 0.0108. The molecular weight excluding hydrogens is 268 g/mol. The zero-order valence-corrected chi connectivity index (χ0v) is 10.2. The minimum Gasteiger partial charge on any atom is -0.423 e. The first-order valence-electron chi connectivity index (χ1n) is 4.49. The summed E-state index contributed by atoms with van der Waals surface area (Å²) >= 11 is 0. The molecule has 0 aliphatic heterocycles. The molecule has 6 nitrogen and oxygen atoms in total. The number of aromatic nitrogens is 1. The Balaban J connectivity index is 2.52. The van der Waals surface area contributed by atoms with Crippen molar-refractivity contribution in [2.75, 3.05) is 5.32 Å². The first kappa shape index (κ1) is 11.9. The Morgan fingerprint density at radius 2 is 2.18 bits per heavy atom. The number of benzene rings is 1. The average Bonchev–Trinajstić information content (AvgIpc) is 2.55. The highest BCUT2D eigenvalue weighted by Crippen LogP contribution is 2.24. The number of halogens is 1. The fourth-order valence-corrected chi connectivity index (χ4v) is 2.03. The number of amides is 1. The van der Waals surface area contributed by atoms with Crippen LogP contribution in [0, 0.1) is 0 Å². The van der Waals surface area contributed by atoms with Crippen molar-refractivity contribution in [2.24, 2.45) is 0 Å². The van der Waals surface area contributed by atoms with Gasteiger partial charge in [-0.1, -0.05) is 0 Å². The van der Waals surface area contributed by atoms with Gasteiger partial charge in [-0.2, -0.15) is 4.98 Å².